The molecule has 4 heteroatoms. The van der Waals surface area contributed by atoms with Crippen molar-refractivity contribution in [3.63, 3.8) is 0 Å². The van der Waals surface area contributed by atoms with Crippen molar-refractivity contribution >= 4 is 17.5 Å². The molecular formula is C18H15O4-. The van der Waals surface area contributed by atoms with Crippen LogP contribution in [0.15, 0.2) is 60.7 Å². The van der Waals surface area contributed by atoms with Gasteiger partial charge in [0.25, 0.3) is 0 Å². The lowest BCUT2D eigenvalue weighted by atomic mass is 9.92. The normalized spacial score (nSPS) is 10.4. The van der Waals surface area contributed by atoms with Crippen molar-refractivity contribution in [1.29, 1.82) is 0 Å². The lowest BCUT2D eigenvalue weighted by molar-refractivity contribution is -0.311. The summed E-state index contributed by atoms with van der Waals surface area (Å²) < 4.78 is 0. The van der Waals surface area contributed by atoms with Gasteiger partial charge in [-0.05, 0) is 0 Å². The van der Waals surface area contributed by atoms with Crippen LogP contribution in [0.4, 0.5) is 0 Å². The van der Waals surface area contributed by atoms with E-state index in [1.54, 1.807) is 60.7 Å². The second kappa shape index (κ2) is 7.31. The first-order chi connectivity index (χ1) is 10.6. The summed E-state index contributed by atoms with van der Waals surface area (Å²) in [4.78, 5) is 35.4. The van der Waals surface area contributed by atoms with Crippen LogP contribution in [-0.4, -0.2) is 17.5 Å². The average molecular weight is 295 g/mol. The molecule has 0 unspecified atom stereocenters. The smallest absolute Gasteiger partial charge is 0.163 e. The zero-order valence-electron chi connectivity index (χ0n) is 11.9. The molecule has 2 aromatic carbocycles. The van der Waals surface area contributed by atoms with Crippen LogP contribution < -0.4 is 5.11 Å². The molecule has 0 spiro atoms. The molecule has 0 aliphatic rings. The van der Waals surface area contributed by atoms with Crippen molar-refractivity contribution in [2.45, 2.75) is 12.8 Å². The molecule has 0 bridgehead atoms. The molecule has 0 atom stereocenters. The van der Waals surface area contributed by atoms with E-state index in [1.165, 1.54) is 0 Å². The van der Waals surface area contributed by atoms with Gasteiger partial charge in [0.1, 0.15) is 0 Å². The van der Waals surface area contributed by atoms with Crippen LogP contribution in [0.5, 0.6) is 0 Å². The Bertz CT molecular complexity index is 609. The number of carbonyl (C=O) groups excluding carboxylic acids is 3. The number of carboxylic acids is 1. The number of aliphatic carboxylic acids is 1. The van der Waals surface area contributed by atoms with Crippen molar-refractivity contribution in [3.8, 4) is 0 Å². The second-order valence-corrected chi connectivity index (χ2v) is 5.00. The van der Waals surface area contributed by atoms with Crippen LogP contribution in [0.25, 0.3) is 0 Å². The fourth-order valence-electron chi connectivity index (χ4n) is 2.17. The predicted molar refractivity (Wildman–Crippen MR) is 79.3 cm³/mol. The molecule has 4 nitrogen and oxygen atoms in total. The van der Waals surface area contributed by atoms with Gasteiger partial charge in [-0.25, -0.2) is 0 Å². The molecule has 0 fully saturated rings. The number of benzene rings is 2. The first kappa shape index (κ1) is 15.6. The van der Waals surface area contributed by atoms with Gasteiger partial charge in [-0.15, -0.1) is 0 Å². The molecule has 0 radical (unpaired) electrons. The van der Waals surface area contributed by atoms with Crippen LogP contribution in [0.3, 0.4) is 0 Å². The lowest BCUT2D eigenvalue weighted by Gasteiger charge is -2.16. The number of carboxylic acid groups (broad SMARTS) is 1. The maximum absolute atomic E-state index is 12.1. The van der Waals surface area contributed by atoms with Gasteiger partial charge in [0.05, 0.1) is 0 Å². The van der Waals surface area contributed by atoms with E-state index >= 15 is 0 Å². The van der Waals surface area contributed by atoms with Gasteiger partial charge in [0, 0.05) is 35.9 Å². The summed E-state index contributed by atoms with van der Waals surface area (Å²) in [5, 5.41) is 11.2. The first-order valence-corrected chi connectivity index (χ1v) is 6.95. The average Bonchev–Trinajstić information content (AvgIpc) is 2.55. The van der Waals surface area contributed by atoms with Crippen molar-refractivity contribution < 1.29 is 19.5 Å². The van der Waals surface area contributed by atoms with Gasteiger partial charge in [0.2, 0.25) is 0 Å². The van der Waals surface area contributed by atoms with E-state index < -0.39 is 11.9 Å². The predicted octanol–water partition coefficient (Wildman–Crippen LogP) is 1.90. The van der Waals surface area contributed by atoms with E-state index in [-0.39, 0.29) is 24.4 Å². The van der Waals surface area contributed by atoms with E-state index in [9.17, 15) is 19.5 Å². The van der Waals surface area contributed by atoms with Crippen LogP contribution in [-0.2, 0) is 4.79 Å². The van der Waals surface area contributed by atoms with Crippen molar-refractivity contribution in [2.24, 2.45) is 5.92 Å². The number of Topliss-reactive ketones (excluding diaryl/α,β-unsaturated/α-hetero) is 2. The number of hydrogen-bond acceptors (Lipinski definition) is 4. The van der Waals surface area contributed by atoms with Crippen LogP contribution >= 0.6 is 0 Å². The summed E-state index contributed by atoms with van der Waals surface area (Å²) in [5.74, 6) is -3.12. The van der Waals surface area contributed by atoms with Crippen LogP contribution in [0.2, 0.25) is 0 Å². The van der Waals surface area contributed by atoms with E-state index in [2.05, 4.69) is 0 Å². The van der Waals surface area contributed by atoms with E-state index in [1.807, 2.05) is 0 Å². The summed E-state index contributed by atoms with van der Waals surface area (Å²) in [6, 6.07) is 16.8. The lowest BCUT2D eigenvalue weighted by Crippen LogP contribution is -2.34. The molecule has 0 saturated heterocycles. The summed E-state index contributed by atoms with van der Waals surface area (Å²) in [5.41, 5.74) is 0.863. The first-order valence-electron chi connectivity index (χ1n) is 6.95. The Labute approximate surface area is 128 Å². The van der Waals surface area contributed by atoms with E-state index in [0.717, 1.165) is 0 Å². The quantitative estimate of drug-likeness (QED) is 0.731. The maximum Gasteiger partial charge on any atom is 0.163 e. The zero-order chi connectivity index (χ0) is 15.9. The van der Waals surface area contributed by atoms with Gasteiger partial charge < -0.3 is 9.90 Å². The Morgan fingerprint density at radius 2 is 1.09 bits per heavy atom. The Hall–Kier alpha value is -2.75. The van der Waals surface area contributed by atoms with Crippen molar-refractivity contribution in [3.05, 3.63) is 71.8 Å². The highest BCUT2D eigenvalue weighted by molar-refractivity contribution is 6.01. The topological polar surface area (TPSA) is 74.3 Å². The molecule has 0 aromatic heterocycles. The van der Waals surface area contributed by atoms with Gasteiger partial charge in [-0.1, -0.05) is 60.7 Å². The van der Waals surface area contributed by atoms with Gasteiger partial charge in [-0.2, -0.15) is 0 Å². The number of hydrogen-bond donors (Lipinski definition) is 0. The third-order valence-electron chi connectivity index (χ3n) is 3.39. The standard InChI is InChI=1S/C18H16O4/c19-16(13-7-3-1-4-8-13)11-15(18(21)22)12-17(20)14-9-5-2-6-10-14/h1-10,15H,11-12H2,(H,21,22)/p-1. The molecule has 0 N–H and O–H groups in total. The maximum atomic E-state index is 12.1. The molecule has 0 amide bonds. The molecule has 0 heterocycles. The highest BCUT2D eigenvalue weighted by Gasteiger charge is 2.20. The highest BCUT2D eigenvalue weighted by Crippen LogP contribution is 2.16. The summed E-state index contributed by atoms with van der Waals surface area (Å²) in [7, 11) is 0. The van der Waals surface area contributed by atoms with Crippen molar-refractivity contribution in [2.75, 3.05) is 0 Å². The fourth-order valence-corrected chi connectivity index (χ4v) is 2.17. The van der Waals surface area contributed by atoms with E-state index in [0.29, 0.717) is 11.1 Å². The summed E-state index contributed by atoms with van der Waals surface area (Å²) in [6.07, 6.45) is -0.490. The minimum atomic E-state index is -1.38. The molecule has 112 valence electrons. The number of carbonyl (C=O) groups is 3. The van der Waals surface area contributed by atoms with Gasteiger partial charge in [0.15, 0.2) is 11.6 Å². The molecule has 0 aliphatic carbocycles. The largest absolute Gasteiger partial charge is 0.550 e. The third-order valence-corrected chi connectivity index (χ3v) is 3.39. The van der Waals surface area contributed by atoms with Crippen LogP contribution in [0.1, 0.15) is 33.6 Å². The molecule has 22 heavy (non-hydrogen) atoms. The summed E-state index contributed by atoms with van der Waals surface area (Å²) in [6.45, 7) is 0. The molecular weight excluding hydrogens is 280 g/mol. The van der Waals surface area contributed by atoms with Crippen LogP contribution in [0, 0.1) is 5.92 Å². The Morgan fingerprint density at radius 3 is 1.41 bits per heavy atom. The number of ketones is 2. The second-order valence-electron chi connectivity index (χ2n) is 5.00. The highest BCUT2D eigenvalue weighted by atomic mass is 16.4. The van der Waals surface area contributed by atoms with E-state index in [4.69, 9.17) is 0 Å². The molecule has 0 saturated carbocycles. The minimum Gasteiger partial charge on any atom is -0.550 e. The SMILES string of the molecule is O=C(CC(CC(=O)c1ccccc1)C(=O)[O-])c1ccccc1. The summed E-state index contributed by atoms with van der Waals surface area (Å²) >= 11 is 0. The Balaban J connectivity index is 2.06. The minimum absolute atomic E-state index is 0.245. The van der Waals surface area contributed by atoms with Crippen molar-refractivity contribution in [1.82, 2.24) is 0 Å². The van der Waals surface area contributed by atoms with Gasteiger partial charge in [-0.3, -0.25) is 9.59 Å². The Kier molecular flexibility index (Phi) is 5.20. The van der Waals surface area contributed by atoms with Gasteiger partial charge >= 0.3 is 0 Å². The molecule has 2 aromatic rings. The Morgan fingerprint density at radius 1 is 0.727 bits per heavy atom. The third kappa shape index (κ3) is 4.12. The molecule has 0 aliphatic heterocycles. The molecule has 2 rings (SSSR count). The number of rotatable bonds is 7. The fraction of sp³-hybridized carbons (Fsp3) is 0.167. The monoisotopic (exact) mass is 295 g/mol. The zero-order valence-corrected chi connectivity index (χ0v) is 11.9.